The standard InChI is InChI=1S/C24H25N7O2/c1-14-9-17(10-15(2)28-14)20-21(18-12-27-31(3)13-18)30-23(25)22(29-20)24(32)26-11-16-7-5-6-8-19(16)33-4/h5-10,12-13H,11H2,1-4H3,(H2,25,30)(H,26,32). The van der Waals surface area contributed by atoms with E-state index in [2.05, 4.69) is 25.4 Å². The number of ether oxygens (including phenoxy) is 1. The van der Waals surface area contributed by atoms with E-state index in [9.17, 15) is 4.79 Å². The SMILES string of the molecule is COc1ccccc1CNC(=O)c1nc(-c2cc(C)nc(C)c2)c(-c2cnn(C)c2)nc1N. The maximum atomic E-state index is 13.0. The predicted molar refractivity (Wildman–Crippen MR) is 126 cm³/mol. The first-order valence-corrected chi connectivity index (χ1v) is 10.4. The highest BCUT2D eigenvalue weighted by Crippen LogP contribution is 2.31. The predicted octanol–water partition coefficient (Wildman–Crippen LogP) is 3.08. The largest absolute Gasteiger partial charge is 0.496 e. The van der Waals surface area contributed by atoms with Crippen LogP contribution in [0.2, 0.25) is 0 Å². The quantitative estimate of drug-likeness (QED) is 0.470. The van der Waals surface area contributed by atoms with Crippen LogP contribution in [-0.4, -0.2) is 37.7 Å². The number of rotatable bonds is 6. The summed E-state index contributed by atoms with van der Waals surface area (Å²) in [5.74, 6) is 0.303. The molecule has 3 heterocycles. The van der Waals surface area contributed by atoms with Crippen LogP contribution in [0.25, 0.3) is 22.5 Å². The molecule has 0 spiro atoms. The molecular weight excluding hydrogens is 418 g/mol. The van der Waals surface area contributed by atoms with Crippen LogP contribution in [0.5, 0.6) is 5.75 Å². The fourth-order valence-electron chi connectivity index (χ4n) is 3.64. The topological polar surface area (TPSA) is 121 Å². The Morgan fingerprint density at radius 2 is 1.76 bits per heavy atom. The monoisotopic (exact) mass is 443 g/mol. The van der Waals surface area contributed by atoms with E-state index >= 15 is 0 Å². The van der Waals surface area contributed by atoms with Crippen molar-refractivity contribution in [1.82, 2.24) is 30.0 Å². The van der Waals surface area contributed by atoms with E-state index in [1.807, 2.05) is 63.5 Å². The number of aryl methyl sites for hydroxylation is 3. The smallest absolute Gasteiger partial charge is 0.274 e. The molecule has 168 valence electrons. The molecule has 3 aromatic heterocycles. The van der Waals surface area contributed by atoms with Gasteiger partial charge < -0.3 is 15.8 Å². The lowest BCUT2D eigenvalue weighted by Gasteiger charge is -2.14. The molecule has 0 aliphatic rings. The van der Waals surface area contributed by atoms with Gasteiger partial charge in [-0.2, -0.15) is 5.10 Å². The van der Waals surface area contributed by atoms with E-state index in [-0.39, 0.29) is 18.1 Å². The zero-order chi connectivity index (χ0) is 23.5. The summed E-state index contributed by atoms with van der Waals surface area (Å²) in [6.07, 6.45) is 3.52. The Balaban J connectivity index is 1.75. The van der Waals surface area contributed by atoms with Crippen LogP contribution in [0.3, 0.4) is 0 Å². The first-order valence-electron chi connectivity index (χ1n) is 10.4. The van der Waals surface area contributed by atoms with Crippen LogP contribution in [0.15, 0.2) is 48.8 Å². The summed E-state index contributed by atoms with van der Waals surface area (Å²) in [5.41, 5.74) is 11.4. The number of hydrogen-bond donors (Lipinski definition) is 2. The number of carbonyl (C=O) groups is 1. The lowest BCUT2D eigenvalue weighted by molar-refractivity contribution is 0.0946. The number of amides is 1. The molecule has 0 radical (unpaired) electrons. The number of nitrogens with two attached hydrogens (primary N) is 1. The Kier molecular flexibility index (Phi) is 6.03. The van der Waals surface area contributed by atoms with Crippen molar-refractivity contribution in [2.75, 3.05) is 12.8 Å². The van der Waals surface area contributed by atoms with E-state index in [1.165, 1.54) is 0 Å². The normalized spacial score (nSPS) is 10.8. The minimum atomic E-state index is -0.424. The highest BCUT2D eigenvalue weighted by Gasteiger charge is 2.21. The van der Waals surface area contributed by atoms with Gasteiger partial charge in [0.15, 0.2) is 11.5 Å². The van der Waals surface area contributed by atoms with Gasteiger partial charge in [0, 0.05) is 47.9 Å². The Morgan fingerprint density at radius 3 is 2.42 bits per heavy atom. The zero-order valence-corrected chi connectivity index (χ0v) is 19.0. The molecule has 0 aliphatic carbocycles. The molecule has 0 bridgehead atoms. The number of anilines is 1. The summed E-state index contributed by atoms with van der Waals surface area (Å²) in [7, 11) is 3.41. The van der Waals surface area contributed by atoms with Gasteiger partial charge >= 0.3 is 0 Å². The summed E-state index contributed by atoms with van der Waals surface area (Å²) in [6, 6.07) is 11.3. The number of nitrogens with one attached hydrogen (secondary N) is 1. The average Bonchev–Trinajstić information content (AvgIpc) is 3.22. The molecule has 3 N–H and O–H groups in total. The Morgan fingerprint density at radius 1 is 1.06 bits per heavy atom. The number of para-hydroxylation sites is 1. The van der Waals surface area contributed by atoms with Crippen molar-refractivity contribution in [3.63, 3.8) is 0 Å². The van der Waals surface area contributed by atoms with E-state index in [0.717, 1.165) is 28.1 Å². The first-order chi connectivity index (χ1) is 15.9. The molecular formula is C24H25N7O2. The number of pyridine rings is 1. The number of hydrogen-bond acceptors (Lipinski definition) is 7. The van der Waals surface area contributed by atoms with Crippen LogP contribution in [0.1, 0.15) is 27.4 Å². The molecule has 0 saturated carbocycles. The number of aromatic nitrogens is 5. The van der Waals surface area contributed by atoms with Gasteiger partial charge in [-0.05, 0) is 32.0 Å². The third-order valence-corrected chi connectivity index (χ3v) is 5.10. The molecule has 9 nitrogen and oxygen atoms in total. The Labute approximate surface area is 191 Å². The summed E-state index contributed by atoms with van der Waals surface area (Å²) < 4.78 is 7.03. The lowest BCUT2D eigenvalue weighted by atomic mass is 10.1. The third-order valence-electron chi connectivity index (χ3n) is 5.10. The number of carbonyl (C=O) groups excluding carboxylic acids is 1. The lowest BCUT2D eigenvalue weighted by Crippen LogP contribution is -2.26. The fraction of sp³-hybridized carbons (Fsp3) is 0.208. The number of benzene rings is 1. The van der Waals surface area contributed by atoms with Gasteiger partial charge in [-0.1, -0.05) is 18.2 Å². The van der Waals surface area contributed by atoms with E-state index in [1.54, 1.807) is 18.0 Å². The van der Waals surface area contributed by atoms with Gasteiger partial charge in [-0.15, -0.1) is 0 Å². The van der Waals surface area contributed by atoms with Gasteiger partial charge in [-0.3, -0.25) is 14.5 Å². The maximum Gasteiger partial charge on any atom is 0.274 e. The molecule has 0 atom stereocenters. The summed E-state index contributed by atoms with van der Waals surface area (Å²) in [4.78, 5) is 26.7. The van der Waals surface area contributed by atoms with Crippen molar-refractivity contribution in [2.24, 2.45) is 7.05 Å². The molecule has 4 aromatic rings. The third kappa shape index (κ3) is 4.67. The summed E-state index contributed by atoms with van der Waals surface area (Å²) in [5, 5.41) is 7.10. The van der Waals surface area contributed by atoms with Gasteiger partial charge in [0.2, 0.25) is 0 Å². The summed E-state index contributed by atoms with van der Waals surface area (Å²) in [6.45, 7) is 4.08. The van der Waals surface area contributed by atoms with Gasteiger partial charge in [0.25, 0.3) is 5.91 Å². The molecule has 0 aliphatic heterocycles. The van der Waals surface area contributed by atoms with E-state index in [4.69, 9.17) is 10.5 Å². The minimum absolute atomic E-state index is 0.0395. The maximum absolute atomic E-state index is 13.0. The number of nitrogens with zero attached hydrogens (tertiary/aromatic N) is 5. The summed E-state index contributed by atoms with van der Waals surface area (Å²) >= 11 is 0. The van der Waals surface area contributed by atoms with E-state index < -0.39 is 5.91 Å². The molecule has 9 heteroatoms. The average molecular weight is 444 g/mol. The number of nitrogen functional groups attached to an aromatic ring is 1. The second-order valence-electron chi connectivity index (χ2n) is 7.69. The van der Waals surface area contributed by atoms with Gasteiger partial charge in [0.1, 0.15) is 11.4 Å². The molecule has 1 aromatic carbocycles. The van der Waals surface area contributed by atoms with Crippen molar-refractivity contribution in [3.05, 3.63) is 71.4 Å². The van der Waals surface area contributed by atoms with Crippen molar-refractivity contribution in [1.29, 1.82) is 0 Å². The molecule has 4 rings (SSSR count). The van der Waals surface area contributed by atoms with E-state index in [0.29, 0.717) is 17.1 Å². The van der Waals surface area contributed by atoms with Crippen molar-refractivity contribution >= 4 is 11.7 Å². The second-order valence-corrected chi connectivity index (χ2v) is 7.69. The molecule has 0 saturated heterocycles. The van der Waals surface area contributed by atoms with Gasteiger partial charge in [0.05, 0.1) is 19.0 Å². The van der Waals surface area contributed by atoms with Crippen LogP contribution in [-0.2, 0) is 13.6 Å². The van der Waals surface area contributed by atoms with Crippen molar-refractivity contribution < 1.29 is 9.53 Å². The van der Waals surface area contributed by atoms with Crippen LogP contribution in [0, 0.1) is 13.8 Å². The second kappa shape index (κ2) is 9.07. The molecule has 33 heavy (non-hydrogen) atoms. The number of methoxy groups -OCH3 is 1. The minimum Gasteiger partial charge on any atom is -0.496 e. The molecule has 0 unspecified atom stereocenters. The van der Waals surface area contributed by atoms with Crippen molar-refractivity contribution in [3.8, 4) is 28.3 Å². The zero-order valence-electron chi connectivity index (χ0n) is 19.0. The fourth-order valence-corrected chi connectivity index (χ4v) is 3.64. The Bertz CT molecular complexity index is 1310. The van der Waals surface area contributed by atoms with Crippen molar-refractivity contribution in [2.45, 2.75) is 20.4 Å². The van der Waals surface area contributed by atoms with Crippen LogP contribution in [0.4, 0.5) is 5.82 Å². The first kappa shape index (κ1) is 21.9. The molecule has 1 amide bonds. The highest BCUT2D eigenvalue weighted by molar-refractivity contribution is 5.98. The Hall–Kier alpha value is -4.27. The molecule has 0 fully saturated rings. The van der Waals surface area contributed by atoms with Crippen LogP contribution >= 0.6 is 0 Å². The highest BCUT2D eigenvalue weighted by atomic mass is 16.5. The van der Waals surface area contributed by atoms with Gasteiger partial charge in [-0.25, -0.2) is 9.97 Å². The van der Waals surface area contributed by atoms with Crippen LogP contribution < -0.4 is 15.8 Å².